The Bertz CT molecular complexity index is 905. The molecule has 0 aliphatic rings. The Kier molecular flexibility index (Phi) is 5.93. The van der Waals surface area contributed by atoms with E-state index in [9.17, 15) is 4.79 Å². The minimum absolute atomic E-state index is 0.122. The highest BCUT2D eigenvalue weighted by Crippen LogP contribution is 2.23. The second-order valence-corrected chi connectivity index (χ2v) is 7.33. The molecule has 0 spiro atoms. The molecular formula is C22H20INO2. The molecule has 1 amide bonds. The van der Waals surface area contributed by atoms with Crippen molar-refractivity contribution in [2.45, 2.75) is 20.5 Å². The highest BCUT2D eigenvalue weighted by molar-refractivity contribution is 14.1. The minimum Gasteiger partial charge on any atom is -0.489 e. The topological polar surface area (TPSA) is 38.3 Å². The van der Waals surface area contributed by atoms with Crippen LogP contribution >= 0.6 is 22.6 Å². The van der Waals surface area contributed by atoms with E-state index in [4.69, 9.17) is 4.74 Å². The molecule has 132 valence electrons. The summed E-state index contributed by atoms with van der Waals surface area (Å²) in [6.45, 7) is 4.54. The van der Waals surface area contributed by atoms with Crippen molar-refractivity contribution in [2.24, 2.45) is 0 Å². The molecule has 26 heavy (non-hydrogen) atoms. The first kappa shape index (κ1) is 18.5. The fourth-order valence-electron chi connectivity index (χ4n) is 2.55. The van der Waals surface area contributed by atoms with Crippen molar-refractivity contribution in [2.75, 3.05) is 5.32 Å². The van der Waals surface area contributed by atoms with Crippen LogP contribution in [-0.2, 0) is 6.61 Å². The number of aryl methyl sites for hydroxylation is 2. The Hall–Kier alpha value is -2.34. The summed E-state index contributed by atoms with van der Waals surface area (Å²) in [4.78, 5) is 12.5. The summed E-state index contributed by atoms with van der Waals surface area (Å²) in [5, 5.41) is 2.99. The molecule has 3 rings (SSSR count). The number of hydrogen-bond acceptors (Lipinski definition) is 2. The molecular weight excluding hydrogens is 437 g/mol. The van der Waals surface area contributed by atoms with Crippen LogP contribution in [0.4, 0.5) is 5.69 Å². The SMILES string of the molecule is Cc1cc(NC(=O)c2ccc(OCc3ccccc3)cc2)c(C)cc1I. The number of anilines is 1. The monoisotopic (exact) mass is 457 g/mol. The van der Waals surface area contributed by atoms with Crippen LogP contribution in [0.5, 0.6) is 5.75 Å². The summed E-state index contributed by atoms with van der Waals surface area (Å²) >= 11 is 2.30. The molecule has 0 saturated carbocycles. The van der Waals surface area contributed by atoms with Gasteiger partial charge in [-0.15, -0.1) is 0 Å². The van der Waals surface area contributed by atoms with E-state index in [2.05, 4.69) is 34.0 Å². The van der Waals surface area contributed by atoms with Gasteiger partial charge in [-0.2, -0.15) is 0 Å². The van der Waals surface area contributed by atoms with Crippen molar-refractivity contribution in [1.29, 1.82) is 0 Å². The van der Waals surface area contributed by atoms with Gasteiger partial charge in [0, 0.05) is 14.8 Å². The number of hydrogen-bond donors (Lipinski definition) is 1. The number of rotatable bonds is 5. The standard InChI is InChI=1S/C22H20INO2/c1-15-13-21(16(2)12-20(15)23)24-22(25)18-8-10-19(11-9-18)26-14-17-6-4-3-5-7-17/h3-13H,14H2,1-2H3,(H,24,25). The number of halogens is 1. The molecule has 0 aliphatic heterocycles. The minimum atomic E-state index is -0.122. The third-order valence-corrected chi connectivity index (χ3v) is 5.28. The van der Waals surface area contributed by atoms with E-state index in [1.807, 2.05) is 62.4 Å². The van der Waals surface area contributed by atoms with Gasteiger partial charge in [0.25, 0.3) is 5.91 Å². The Morgan fingerprint density at radius 2 is 1.65 bits per heavy atom. The van der Waals surface area contributed by atoms with Crippen molar-refractivity contribution in [1.82, 2.24) is 0 Å². The van der Waals surface area contributed by atoms with Crippen LogP contribution in [0.2, 0.25) is 0 Å². The van der Waals surface area contributed by atoms with Crippen LogP contribution in [0.1, 0.15) is 27.0 Å². The number of nitrogens with one attached hydrogen (secondary N) is 1. The quantitative estimate of drug-likeness (QED) is 0.497. The zero-order chi connectivity index (χ0) is 18.5. The summed E-state index contributed by atoms with van der Waals surface area (Å²) in [7, 11) is 0. The molecule has 0 aliphatic carbocycles. The maximum atomic E-state index is 12.5. The Morgan fingerprint density at radius 3 is 2.35 bits per heavy atom. The van der Waals surface area contributed by atoms with E-state index >= 15 is 0 Å². The molecule has 3 nitrogen and oxygen atoms in total. The number of benzene rings is 3. The molecule has 0 saturated heterocycles. The van der Waals surface area contributed by atoms with Gasteiger partial charge in [0.05, 0.1) is 0 Å². The van der Waals surface area contributed by atoms with Crippen molar-refractivity contribution in [3.8, 4) is 5.75 Å². The fraction of sp³-hybridized carbons (Fsp3) is 0.136. The van der Waals surface area contributed by atoms with E-state index in [0.717, 1.165) is 28.1 Å². The van der Waals surface area contributed by atoms with E-state index < -0.39 is 0 Å². The maximum Gasteiger partial charge on any atom is 0.255 e. The molecule has 0 unspecified atom stereocenters. The average Bonchev–Trinajstić information content (AvgIpc) is 2.65. The molecule has 0 aromatic heterocycles. The van der Waals surface area contributed by atoms with Crippen molar-refractivity contribution in [3.05, 3.63) is 92.6 Å². The van der Waals surface area contributed by atoms with Gasteiger partial charge >= 0.3 is 0 Å². The lowest BCUT2D eigenvalue weighted by Gasteiger charge is -2.11. The van der Waals surface area contributed by atoms with Crippen LogP contribution in [0.15, 0.2) is 66.7 Å². The second-order valence-electron chi connectivity index (χ2n) is 6.17. The molecule has 1 N–H and O–H groups in total. The molecule has 0 heterocycles. The molecule has 0 bridgehead atoms. The summed E-state index contributed by atoms with van der Waals surface area (Å²) in [5.74, 6) is 0.620. The molecule has 3 aromatic carbocycles. The third kappa shape index (κ3) is 4.64. The number of amides is 1. The van der Waals surface area contributed by atoms with Crippen molar-refractivity contribution >= 4 is 34.2 Å². The first-order chi connectivity index (χ1) is 12.5. The summed E-state index contributed by atoms with van der Waals surface area (Å²) in [6, 6.07) is 21.3. The van der Waals surface area contributed by atoms with E-state index in [-0.39, 0.29) is 5.91 Å². The van der Waals surface area contributed by atoms with E-state index in [1.54, 1.807) is 12.1 Å². The van der Waals surface area contributed by atoms with Gasteiger partial charge < -0.3 is 10.1 Å². The lowest BCUT2D eigenvalue weighted by Crippen LogP contribution is -2.13. The van der Waals surface area contributed by atoms with Gasteiger partial charge in [0.15, 0.2) is 0 Å². The smallest absolute Gasteiger partial charge is 0.255 e. The van der Waals surface area contributed by atoms with Gasteiger partial charge in [-0.3, -0.25) is 4.79 Å². The lowest BCUT2D eigenvalue weighted by molar-refractivity contribution is 0.102. The molecule has 0 fully saturated rings. The second kappa shape index (κ2) is 8.36. The summed E-state index contributed by atoms with van der Waals surface area (Å²) in [6.07, 6.45) is 0. The van der Waals surface area contributed by atoms with Crippen molar-refractivity contribution < 1.29 is 9.53 Å². The maximum absolute atomic E-state index is 12.5. The Balaban J connectivity index is 1.64. The number of ether oxygens (including phenoxy) is 1. The summed E-state index contributed by atoms with van der Waals surface area (Å²) < 4.78 is 6.95. The lowest BCUT2D eigenvalue weighted by atomic mass is 10.1. The van der Waals surface area contributed by atoms with Crippen LogP contribution in [0.3, 0.4) is 0 Å². The predicted octanol–water partition coefficient (Wildman–Crippen LogP) is 5.74. The molecule has 4 heteroatoms. The van der Waals surface area contributed by atoms with Crippen LogP contribution in [0, 0.1) is 17.4 Å². The van der Waals surface area contributed by atoms with Crippen LogP contribution in [-0.4, -0.2) is 5.91 Å². The zero-order valence-corrected chi connectivity index (χ0v) is 16.9. The Morgan fingerprint density at radius 1 is 0.962 bits per heavy atom. The van der Waals surface area contributed by atoms with E-state index in [0.29, 0.717) is 12.2 Å². The first-order valence-electron chi connectivity index (χ1n) is 8.38. The van der Waals surface area contributed by atoms with Gasteiger partial charge in [0.2, 0.25) is 0 Å². The highest BCUT2D eigenvalue weighted by atomic mass is 127. The molecule has 3 aromatic rings. The summed E-state index contributed by atoms with van der Waals surface area (Å²) in [5.41, 5.74) is 4.76. The van der Waals surface area contributed by atoms with E-state index in [1.165, 1.54) is 3.57 Å². The van der Waals surface area contributed by atoms with Crippen LogP contribution < -0.4 is 10.1 Å². The Labute approximate surface area is 167 Å². The number of carbonyl (C=O) groups is 1. The van der Waals surface area contributed by atoms with Gasteiger partial charge in [0.1, 0.15) is 12.4 Å². The first-order valence-corrected chi connectivity index (χ1v) is 9.45. The molecule has 0 atom stereocenters. The normalized spacial score (nSPS) is 10.4. The van der Waals surface area contributed by atoms with Crippen molar-refractivity contribution in [3.63, 3.8) is 0 Å². The fourth-order valence-corrected chi connectivity index (χ4v) is 3.18. The predicted molar refractivity (Wildman–Crippen MR) is 114 cm³/mol. The van der Waals surface area contributed by atoms with Gasteiger partial charge in [-0.1, -0.05) is 30.3 Å². The zero-order valence-electron chi connectivity index (χ0n) is 14.8. The number of carbonyl (C=O) groups excluding carboxylic acids is 1. The highest BCUT2D eigenvalue weighted by Gasteiger charge is 2.09. The average molecular weight is 457 g/mol. The molecule has 0 radical (unpaired) electrons. The van der Waals surface area contributed by atoms with Crippen LogP contribution in [0.25, 0.3) is 0 Å². The van der Waals surface area contributed by atoms with Gasteiger partial charge in [-0.25, -0.2) is 0 Å². The third-order valence-electron chi connectivity index (χ3n) is 4.12. The van der Waals surface area contributed by atoms with Gasteiger partial charge in [-0.05, 0) is 89.5 Å². The largest absolute Gasteiger partial charge is 0.489 e.